The summed E-state index contributed by atoms with van der Waals surface area (Å²) in [6.45, 7) is -0.0168. The first-order valence-corrected chi connectivity index (χ1v) is 6.03. The molecule has 2 rings (SSSR count). The molecule has 0 amide bonds. The van der Waals surface area contributed by atoms with E-state index in [1.165, 1.54) is 0 Å². The average molecular weight is 295 g/mol. The minimum Gasteiger partial charge on any atom is -0.507 e. The molecule has 0 aromatic heterocycles. The predicted molar refractivity (Wildman–Crippen MR) is 72.0 cm³/mol. The first-order chi connectivity index (χ1) is 9.50. The molecular formula is C14H11ClO5. The third-order valence-electron chi connectivity index (χ3n) is 2.62. The van der Waals surface area contributed by atoms with Crippen molar-refractivity contribution in [2.45, 2.75) is 6.61 Å². The fraction of sp³-hybridized carbons (Fsp3) is 0.0714. The summed E-state index contributed by atoms with van der Waals surface area (Å²) >= 11 is 5.60. The monoisotopic (exact) mass is 294 g/mol. The van der Waals surface area contributed by atoms with Gasteiger partial charge < -0.3 is 20.1 Å². The van der Waals surface area contributed by atoms with Crippen molar-refractivity contribution in [3.05, 3.63) is 52.5 Å². The third kappa shape index (κ3) is 2.78. The average Bonchev–Trinajstić information content (AvgIpc) is 2.44. The molecule has 0 radical (unpaired) electrons. The van der Waals surface area contributed by atoms with E-state index in [4.69, 9.17) is 16.3 Å². The van der Waals surface area contributed by atoms with Gasteiger partial charge in [-0.1, -0.05) is 41.9 Å². The number of esters is 1. The lowest BCUT2D eigenvalue weighted by molar-refractivity contribution is 0.0466. The molecule has 0 aliphatic carbocycles. The molecular weight excluding hydrogens is 284 g/mol. The number of ether oxygens (including phenoxy) is 1. The van der Waals surface area contributed by atoms with Gasteiger partial charge in [-0.25, -0.2) is 4.79 Å². The number of halogens is 1. The minimum absolute atomic E-state index is 0.0168. The summed E-state index contributed by atoms with van der Waals surface area (Å²) in [7, 11) is 0. The van der Waals surface area contributed by atoms with Crippen LogP contribution in [0.5, 0.6) is 17.2 Å². The van der Waals surface area contributed by atoms with E-state index in [1.807, 2.05) is 6.07 Å². The van der Waals surface area contributed by atoms with E-state index in [9.17, 15) is 20.1 Å². The summed E-state index contributed by atoms with van der Waals surface area (Å²) in [5.41, 5.74) is 0.272. The highest BCUT2D eigenvalue weighted by Crippen LogP contribution is 2.41. The largest absolute Gasteiger partial charge is 0.507 e. The second kappa shape index (κ2) is 5.71. The third-order valence-corrected chi connectivity index (χ3v) is 2.99. The Bertz CT molecular complexity index is 640. The van der Waals surface area contributed by atoms with E-state index in [0.29, 0.717) is 0 Å². The molecule has 0 atom stereocenters. The maximum absolute atomic E-state index is 11.8. The number of carbonyl (C=O) groups excluding carboxylic acids is 1. The van der Waals surface area contributed by atoms with E-state index in [2.05, 4.69) is 0 Å². The van der Waals surface area contributed by atoms with Crippen molar-refractivity contribution in [3.8, 4) is 17.2 Å². The molecule has 104 valence electrons. The number of hydrogen-bond acceptors (Lipinski definition) is 5. The topological polar surface area (TPSA) is 87.0 Å². The summed E-state index contributed by atoms with van der Waals surface area (Å²) in [5.74, 6) is -2.79. The Morgan fingerprint density at radius 3 is 2.40 bits per heavy atom. The van der Waals surface area contributed by atoms with Gasteiger partial charge in [-0.3, -0.25) is 0 Å². The van der Waals surface area contributed by atoms with Crippen LogP contribution in [0.4, 0.5) is 0 Å². The first-order valence-electron chi connectivity index (χ1n) is 5.65. The number of aromatic hydroxyl groups is 3. The second-order valence-corrected chi connectivity index (χ2v) is 4.39. The standard InChI is InChI=1S/C14H11ClO5/c15-12-10(17)6-9(16)11(13(12)18)14(19)20-7-8-4-2-1-3-5-8/h1-6,16-18H,7H2. The van der Waals surface area contributed by atoms with Crippen LogP contribution in [0.1, 0.15) is 15.9 Å². The number of phenols is 3. The molecule has 0 heterocycles. The van der Waals surface area contributed by atoms with Crippen molar-refractivity contribution >= 4 is 17.6 Å². The lowest BCUT2D eigenvalue weighted by Gasteiger charge is -2.10. The number of phenolic OH excluding ortho intramolecular Hbond substituents is 3. The van der Waals surface area contributed by atoms with Crippen molar-refractivity contribution in [3.63, 3.8) is 0 Å². The van der Waals surface area contributed by atoms with Crippen LogP contribution in [-0.4, -0.2) is 21.3 Å². The van der Waals surface area contributed by atoms with E-state index in [1.54, 1.807) is 24.3 Å². The van der Waals surface area contributed by atoms with E-state index in [0.717, 1.165) is 11.6 Å². The van der Waals surface area contributed by atoms with Gasteiger partial charge in [-0.15, -0.1) is 0 Å². The summed E-state index contributed by atoms with van der Waals surface area (Å²) < 4.78 is 4.97. The fourth-order valence-corrected chi connectivity index (χ4v) is 1.76. The minimum atomic E-state index is -0.939. The van der Waals surface area contributed by atoms with Crippen LogP contribution < -0.4 is 0 Å². The van der Waals surface area contributed by atoms with Gasteiger partial charge in [0.1, 0.15) is 28.7 Å². The van der Waals surface area contributed by atoms with Crippen molar-refractivity contribution in [1.29, 1.82) is 0 Å². The molecule has 3 N–H and O–H groups in total. The Morgan fingerprint density at radius 1 is 1.10 bits per heavy atom. The summed E-state index contributed by atoms with van der Waals surface area (Å²) in [6.07, 6.45) is 0. The van der Waals surface area contributed by atoms with Crippen LogP contribution >= 0.6 is 11.6 Å². The fourth-order valence-electron chi connectivity index (χ4n) is 1.61. The highest BCUT2D eigenvalue weighted by Gasteiger charge is 2.23. The zero-order valence-electron chi connectivity index (χ0n) is 10.2. The number of rotatable bonds is 3. The molecule has 2 aromatic rings. The van der Waals surface area contributed by atoms with Gasteiger partial charge in [0.2, 0.25) is 0 Å². The molecule has 0 aliphatic rings. The zero-order chi connectivity index (χ0) is 14.7. The van der Waals surface area contributed by atoms with E-state index < -0.39 is 33.8 Å². The molecule has 20 heavy (non-hydrogen) atoms. The van der Waals surface area contributed by atoms with E-state index >= 15 is 0 Å². The molecule has 0 aliphatic heterocycles. The van der Waals surface area contributed by atoms with Crippen LogP contribution in [0.25, 0.3) is 0 Å². The summed E-state index contributed by atoms with van der Waals surface area (Å²) in [5, 5.41) is 28.1. The van der Waals surface area contributed by atoms with Crippen LogP contribution in [0.15, 0.2) is 36.4 Å². The Balaban J connectivity index is 2.20. The first kappa shape index (κ1) is 14.0. The van der Waals surface area contributed by atoms with Gasteiger partial charge in [-0.2, -0.15) is 0 Å². The smallest absolute Gasteiger partial charge is 0.346 e. The molecule has 0 bridgehead atoms. The molecule has 5 nitrogen and oxygen atoms in total. The summed E-state index contributed by atoms with van der Waals surface area (Å²) in [6, 6.07) is 9.78. The quantitative estimate of drug-likeness (QED) is 0.758. The molecule has 0 saturated carbocycles. The maximum atomic E-state index is 11.8. The Kier molecular flexibility index (Phi) is 4.00. The molecule has 0 unspecified atom stereocenters. The highest BCUT2D eigenvalue weighted by atomic mass is 35.5. The van der Waals surface area contributed by atoms with Crippen molar-refractivity contribution in [2.24, 2.45) is 0 Å². The van der Waals surface area contributed by atoms with Gasteiger partial charge in [-0.05, 0) is 5.56 Å². The van der Waals surface area contributed by atoms with Crippen molar-refractivity contribution in [2.75, 3.05) is 0 Å². The summed E-state index contributed by atoms with van der Waals surface area (Å²) in [4.78, 5) is 11.8. The highest BCUT2D eigenvalue weighted by molar-refractivity contribution is 6.34. The number of benzene rings is 2. The van der Waals surface area contributed by atoms with Gasteiger partial charge in [0.15, 0.2) is 5.75 Å². The normalized spacial score (nSPS) is 10.2. The van der Waals surface area contributed by atoms with Crippen LogP contribution in [0, 0.1) is 0 Å². The molecule has 6 heteroatoms. The maximum Gasteiger partial charge on any atom is 0.346 e. The van der Waals surface area contributed by atoms with Crippen LogP contribution in [0.2, 0.25) is 5.02 Å². The van der Waals surface area contributed by atoms with Gasteiger partial charge in [0.25, 0.3) is 0 Å². The van der Waals surface area contributed by atoms with Gasteiger partial charge in [0.05, 0.1) is 0 Å². The number of hydrogen-bond donors (Lipinski definition) is 3. The SMILES string of the molecule is O=C(OCc1ccccc1)c1c(O)cc(O)c(Cl)c1O. The van der Waals surface area contributed by atoms with Crippen LogP contribution in [-0.2, 0) is 11.3 Å². The molecule has 0 saturated heterocycles. The van der Waals surface area contributed by atoms with Crippen LogP contribution in [0.3, 0.4) is 0 Å². The van der Waals surface area contributed by atoms with Crippen molar-refractivity contribution < 1.29 is 24.9 Å². The Morgan fingerprint density at radius 2 is 1.75 bits per heavy atom. The van der Waals surface area contributed by atoms with Crippen molar-refractivity contribution in [1.82, 2.24) is 0 Å². The molecule has 0 fully saturated rings. The lowest BCUT2D eigenvalue weighted by atomic mass is 10.1. The lowest BCUT2D eigenvalue weighted by Crippen LogP contribution is -2.06. The van der Waals surface area contributed by atoms with Gasteiger partial charge >= 0.3 is 5.97 Å². The molecule has 0 spiro atoms. The molecule has 2 aromatic carbocycles. The second-order valence-electron chi connectivity index (χ2n) is 4.01. The number of carbonyl (C=O) groups is 1. The van der Waals surface area contributed by atoms with Gasteiger partial charge in [0, 0.05) is 6.07 Å². The Hall–Kier alpha value is -2.40. The predicted octanol–water partition coefficient (Wildman–Crippen LogP) is 2.81. The zero-order valence-corrected chi connectivity index (χ0v) is 11.0. The van der Waals surface area contributed by atoms with E-state index in [-0.39, 0.29) is 6.61 Å². The Labute approximate surface area is 119 Å².